The Morgan fingerprint density at radius 1 is 1.00 bits per heavy atom. The van der Waals surface area contributed by atoms with Crippen LogP contribution in [0.15, 0.2) is 48.5 Å². The van der Waals surface area contributed by atoms with Crippen molar-refractivity contribution >= 4 is 11.6 Å². The SMILES string of the molecule is CC(C)(C)c1ccc(NCc2ccc(C(N)=O)cc2)cc1. The maximum atomic E-state index is 11.0. The molecule has 0 unspecified atom stereocenters. The van der Waals surface area contributed by atoms with Crippen LogP contribution >= 0.6 is 0 Å². The summed E-state index contributed by atoms with van der Waals surface area (Å²) in [5, 5.41) is 3.37. The smallest absolute Gasteiger partial charge is 0.248 e. The number of carbonyl (C=O) groups excluding carboxylic acids is 1. The Morgan fingerprint density at radius 3 is 2.05 bits per heavy atom. The minimum atomic E-state index is -0.396. The molecule has 1 amide bonds. The van der Waals surface area contributed by atoms with Crippen molar-refractivity contribution < 1.29 is 4.79 Å². The van der Waals surface area contributed by atoms with E-state index in [1.165, 1.54) is 5.56 Å². The summed E-state index contributed by atoms with van der Waals surface area (Å²) >= 11 is 0. The van der Waals surface area contributed by atoms with Crippen LogP contribution in [-0.2, 0) is 12.0 Å². The normalized spacial score (nSPS) is 11.2. The third-order valence-corrected chi connectivity index (χ3v) is 3.49. The first-order chi connectivity index (χ1) is 9.86. The van der Waals surface area contributed by atoms with Gasteiger partial charge in [-0.15, -0.1) is 0 Å². The summed E-state index contributed by atoms with van der Waals surface area (Å²) in [6.45, 7) is 7.33. The number of hydrogen-bond acceptors (Lipinski definition) is 2. The summed E-state index contributed by atoms with van der Waals surface area (Å²) in [7, 11) is 0. The Labute approximate surface area is 126 Å². The van der Waals surface area contributed by atoms with E-state index in [1.54, 1.807) is 12.1 Å². The van der Waals surface area contributed by atoms with Gasteiger partial charge in [-0.2, -0.15) is 0 Å². The molecule has 0 spiro atoms. The molecule has 3 heteroatoms. The van der Waals surface area contributed by atoms with Crippen molar-refractivity contribution in [3.63, 3.8) is 0 Å². The van der Waals surface area contributed by atoms with Gasteiger partial charge in [0.1, 0.15) is 0 Å². The van der Waals surface area contributed by atoms with Crippen molar-refractivity contribution in [2.45, 2.75) is 32.7 Å². The number of nitrogens with two attached hydrogens (primary N) is 1. The van der Waals surface area contributed by atoms with Gasteiger partial charge in [-0.05, 0) is 40.8 Å². The minimum Gasteiger partial charge on any atom is -0.381 e. The first kappa shape index (κ1) is 15.1. The standard InChI is InChI=1S/C18H22N2O/c1-18(2,3)15-8-10-16(11-9-15)20-12-13-4-6-14(7-5-13)17(19)21/h4-11,20H,12H2,1-3H3,(H2,19,21). The first-order valence-electron chi connectivity index (χ1n) is 7.09. The minimum absolute atomic E-state index is 0.170. The van der Waals surface area contributed by atoms with Gasteiger partial charge in [0.05, 0.1) is 0 Å². The van der Waals surface area contributed by atoms with Crippen LogP contribution in [0.4, 0.5) is 5.69 Å². The third-order valence-electron chi connectivity index (χ3n) is 3.49. The fourth-order valence-corrected chi connectivity index (χ4v) is 2.08. The van der Waals surface area contributed by atoms with Crippen molar-refractivity contribution in [2.75, 3.05) is 5.32 Å². The van der Waals surface area contributed by atoms with Crippen LogP contribution in [0.25, 0.3) is 0 Å². The third kappa shape index (κ3) is 4.09. The zero-order chi connectivity index (χ0) is 15.5. The van der Waals surface area contributed by atoms with Gasteiger partial charge in [0.2, 0.25) is 5.91 Å². The fraction of sp³-hybridized carbons (Fsp3) is 0.278. The number of rotatable bonds is 4. The largest absolute Gasteiger partial charge is 0.381 e. The lowest BCUT2D eigenvalue weighted by Gasteiger charge is -2.19. The second-order valence-electron chi connectivity index (χ2n) is 6.24. The molecule has 0 aromatic heterocycles. The first-order valence-corrected chi connectivity index (χ1v) is 7.09. The van der Waals surface area contributed by atoms with E-state index in [2.05, 4.69) is 50.4 Å². The van der Waals surface area contributed by atoms with E-state index < -0.39 is 5.91 Å². The van der Waals surface area contributed by atoms with E-state index in [0.717, 1.165) is 11.3 Å². The zero-order valence-electron chi connectivity index (χ0n) is 12.8. The highest BCUT2D eigenvalue weighted by Gasteiger charge is 2.12. The number of carbonyl (C=O) groups is 1. The molecule has 0 bridgehead atoms. The van der Waals surface area contributed by atoms with Crippen LogP contribution < -0.4 is 11.1 Å². The fourth-order valence-electron chi connectivity index (χ4n) is 2.08. The van der Waals surface area contributed by atoms with Gasteiger partial charge in [-0.3, -0.25) is 4.79 Å². The maximum Gasteiger partial charge on any atom is 0.248 e. The summed E-state index contributed by atoms with van der Waals surface area (Å²) in [5.41, 5.74) is 9.44. The van der Waals surface area contributed by atoms with Crippen LogP contribution in [0.2, 0.25) is 0 Å². The number of benzene rings is 2. The second kappa shape index (κ2) is 6.00. The molecule has 2 rings (SSSR count). The number of primary amides is 1. The molecule has 0 saturated heterocycles. The van der Waals surface area contributed by atoms with Gasteiger partial charge in [0, 0.05) is 17.8 Å². The lowest BCUT2D eigenvalue weighted by molar-refractivity contribution is 0.100. The Morgan fingerprint density at radius 2 is 1.57 bits per heavy atom. The Kier molecular flexibility index (Phi) is 4.32. The van der Waals surface area contributed by atoms with Gasteiger partial charge in [-0.25, -0.2) is 0 Å². The number of hydrogen-bond donors (Lipinski definition) is 2. The van der Waals surface area contributed by atoms with Crippen LogP contribution in [0.1, 0.15) is 42.3 Å². The van der Waals surface area contributed by atoms with Crippen LogP contribution in [0.5, 0.6) is 0 Å². The molecular formula is C18H22N2O. The molecule has 0 fully saturated rings. The van der Waals surface area contributed by atoms with Crippen molar-refractivity contribution in [1.82, 2.24) is 0 Å². The average molecular weight is 282 g/mol. The Hall–Kier alpha value is -2.29. The van der Waals surface area contributed by atoms with E-state index in [1.807, 2.05) is 12.1 Å². The van der Waals surface area contributed by atoms with E-state index >= 15 is 0 Å². The molecule has 2 aromatic rings. The summed E-state index contributed by atoms with van der Waals surface area (Å²) in [4.78, 5) is 11.0. The predicted octanol–water partition coefficient (Wildman–Crippen LogP) is 3.70. The summed E-state index contributed by atoms with van der Waals surface area (Å²) < 4.78 is 0. The van der Waals surface area contributed by atoms with Gasteiger partial charge in [0.25, 0.3) is 0 Å². The monoisotopic (exact) mass is 282 g/mol. The van der Waals surface area contributed by atoms with E-state index in [0.29, 0.717) is 12.1 Å². The Bertz CT molecular complexity index is 607. The van der Waals surface area contributed by atoms with Gasteiger partial charge < -0.3 is 11.1 Å². The molecule has 0 heterocycles. The van der Waals surface area contributed by atoms with Crippen molar-refractivity contribution in [3.8, 4) is 0 Å². The highest BCUT2D eigenvalue weighted by molar-refractivity contribution is 5.92. The van der Waals surface area contributed by atoms with Crippen molar-refractivity contribution in [1.29, 1.82) is 0 Å². The molecular weight excluding hydrogens is 260 g/mol. The Balaban J connectivity index is 1.98. The van der Waals surface area contributed by atoms with Crippen molar-refractivity contribution in [3.05, 3.63) is 65.2 Å². The highest BCUT2D eigenvalue weighted by Crippen LogP contribution is 2.23. The molecule has 0 saturated carbocycles. The molecule has 3 nitrogen and oxygen atoms in total. The molecule has 110 valence electrons. The maximum absolute atomic E-state index is 11.0. The molecule has 0 aliphatic carbocycles. The lowest BCUT2D eigenvalue weighted by atomic mass is 9.87. The van der Waals surface area contributed by atoms with Crippen LogP contribution in [0.3, 0.4) is 0 Å². The molecule has 0 aliphatic heterocycles. The molecule has 0 aliphatic rings. The molecule has 2 aromatic carbocycles. The van der Waals surface area contributed by atoms with E-state index in [9.17, 15) is 4.79 Å². The molecule has 21 heavy (non-hydrogen) atoms. The number of amides is 1. The van der Waals surface area contributed by atoms with E-state index in [-0.39, 0.29) is 5.41 Å². The lowest BCUT2D eigenvalue weighted by Crippen LogP contribution is -2.11. The number of nitrogens with one attached hydrogen (secondary N) is 1. The molecule has 0 radical (unpaired) electrons. The topological polar surface area (TPSA) is 55.1 Å². The van der Waals surface area contributed by atoms with Crippen LogP contribution in [-0.4, -0.2) is 5.91 Å². The predicted molar refractivity (Wildman–Crippen MR) is 87.4 cm³/mol. The summed E-state index contributed by atoms with van der Waals surface area (Å²) in [6.07, 6.45) is 0. The van der Waals surface area contributed by atoms with E-state index in [4.69, 9.17) is 5.73 Å². The van der Waals surface area contributed by atoms with Gasteiger partial charge >= 0.3 is 0 Å². The summed E-state index contributed by atoms with van der Waals surface area (Å²) in [6, 6.07) is 15.8. The number of anilines is 1. The van der Waals surface area contributed by atoms with Crippen LogP contribution in [0, 0.1) is 0 Å². The van der Waals surface area contributed by atoms with Gasteiger partial charge in [0.15, 0.2) is 0 Å². The summed E-state index contributed by atoms with van der Waals surface area (Å²) in [5.74, 6) is -0.396. The second-order valence-corrected chi connectivity index (χ2v) is 6.24. The molecule has 3 N–H and O–H groups in total. The molecule has 0 atom stereocenters. The van der Waals surface area contributed by atoms with Crippen molar-refractivity contribution in [2.24, 2.45) is 5.73 Å². The van der Waals surface area contributed by atoms with Gasteiger partial charge in [-0.1, -0.05) is 45.0 Å². The quantitative estimate of drug-likeness (QED) is 0.898. The average Bonchev–Trinajstić information content (AvgIpc) is 2.45. The highest BCUT2D eigenvalue weighted by atomic mass is 16.1. The zero-order valence-corrected chi connectivity index (χ0v) is 12.8.